The summed E-state index contributed by atoms with van der Waals surface area (Å²) in [6.45, 7) is 1.70. The van der Waals surface area contributed by atoms with Gasteiger partial charge in [0, 0.05) is 6.26 Å². The SMILES string of the molecule is CCOC(=O)NC(=O)c1ccsc1NC(=O)c1ccccc1S(C)(=O)=O. The number of ether oxygens (including phenoxy) is 1. The highest BCUT2D eigenvalue weighted by Crippen LogP contribution is 2.25. The van der Waals surface area contributed by atoms with E-state index in [9.17, 15) is 22.8 Å². The van der Waals surface area contributed by atoms with Crippen molar-refractivity contribution in [1.82, 2.24) is 5.32 Å². The number of nitrogens with one attached hydrogen (secondary N) is 2. The average molecular weight is 396 g/mol. The molecule has 0 bridgehead atoms. The number of carbonyl (C=O) groups excluding carboxylic acids is 3. The molecule has 8 nitrogen and oxygen atoms in total. The third-order valence-corrected chi connectivity index (χ3v) is 5.14. The summed E-state index contributed by atoms with van der Waals surface area (Å²) >= 11 is 1.06. The van der Waals surface area contributed by atoms with Crippen LogP contribution in [0.4, 0.5) is 9.80 Å². The molecule has 0 atom stereocenters. The maximum absolute atomic E-state index is 12.5. The van der Waals surface area contributed by atoms with Crippen molar-refractivity contribution in [2.45, 2.75) is 11.8 Å². The Hall–Kier alpha value is -2.72. The predicted molar refractivity (Wildman–Crippen MR) is 96.3 cm³/mol. The minimum atomic E-state index is -3.60. The fourth-order valence-corrected chi connectivity index (χ4v) is 3.73. The first-order valence-electron chi connectivity index (χ1n) is 7.40. The molecule has 0 saturated carbocycles. The molecule has 0 spiro atoms. The third kappa shape index (κ3) is 4.67. The number of carbonyl (C=O) groups is 3. The zero-order valence-electron chi connectivity index (χ0n) is 13.9. The van der Waals surface area contributed by atoms with E-state index in [0.29, 0.717) is 0 Å². The van der Waals surface area contributed by atoms with Crippen LogP contribution in [0.15, 0.2) is 40.6 Å². The summed E-state index contributed by atoms with van der Waals surface area (Å²) in [4.78, 5) is 35.8. The number of thiophene rings is 1. The molecule has 0 radical (unpaired) electrons. The number of rotatable bonds is 5. The van der Waals surface area contributed by atoms with E-state index in [1.165, 1.54) is 30.3 Å². The van der Waals surface area contributed by atoms with Crippen LogP contribution >= 0.6 is 11.3 Å². The zero-order chi connectivity index (χ0) is 19.3. The number of hydrogen-bond donors (Lipinski definition) is 2. The lowest BCUT2D eigenvalue weighted by atomic mass is 10.2. The second-order valence-corrected chi connectivity index (χ2v) is 7.96. The summed E-state index contributed by atoms with van der Waals surface area (Å²) in [5, 5.41) is 6.27. The Kier molecular flexibility index (Phi) is 6.11. The van der Waals surface area contributed by atoms with E-state index in [0.717, 1.165) is 17.6 Å². The number of amides is 3. The average Bonchev–Trinajstić information content (AvgIpc) is 3.02. The van der Waals surface area contributed by atoms with E-state index in [4.69, 9.17) is 0 Å². The summed E-state index contributed by atoms with van der Waals surface area (Å²) < 4.78 is 28.3. The van der Waals surface area contributed by atoms with E-state index in [-0.39, 0.29) is 27.6 Å². The minimum Gasteiger partial charge on any atom is -0.450 e. The first-order chi connectivity index (χ1) is 12.2. The highest BCUT2D eigenvalue weighted by Gasteiger charge is 2.21. The molecule has 2 aromatic rings. The highest BCUT2D eigenvalue weighted by atomic mass is 32.2. The maximum atomic E-state index is 12.5. The minimum absolute atomic E-state index is 0.0415. The standard InChI is InChI=1S/C16H16N2O6S2/c1-3-24-16(21)18-14(20)11-8-9-25-15(11)17-13(19)10-6-4-5-7-12(10)26(2,22)23/h4-9H,3H2,1-2H3,(H,17,19)(H,18,20,21). The summed E-state index contributed by atoms with van der Waals surface area (Å²) in [5.74, 6) is -1.42. The molecule has 0 aliphatic carbocycles. The number of alkyl carbamates (subject to hydrolysis) is 1. The lowest BCUT2D eigenvalue weighted by Gasteiger charge is -2.09. The molecule has 0 aliphatic rings. The quantitative estimate of drug-likeness (QED) is 0.800. The molecule has 3 amide bonds. The number of hydrogen-bond acceptors (Lipinski definition) is 7. The maximum Gasteiger partial charge on any atom is 0.414 e. The van der Waals surface area contributed by atoms with Crippen LogP contribution < -0.4 is 10.6 Å². The largest absolute Gasteiger partial charge is 0.450 e. The molecule has 138 valence electrons. The molecule has 2 rings (SSSR count). The van der Waals surface area contributed by atoms with Gasteiger partial charge in [-0.25, -0.2) is 13.2 Å². The normalized spacial score (nSPS) is 10.8. The van der Waals surface area contributed by atoms with Crippen LogP contribution in [0.1, 0.15) is 27.6 Å². The Balaban J connectivity index is 2.24. The molecule has 0 aliphatic heterocycles. The topological polar surface area (TPSA) is 119 Å². The van der Waals surface area contributed by atoms with Crippen LogP contribution in [-0.2, 0) is 14.6 Å². The Morgan fingerprint density at radius 3 is 2.42 bits per heavy atom. The van der Waals surface area contributed by atoms with Crippen molar-refractivity contribution in [1.29, 1.82) is 0 Å². The highest BCUT2D eigenvalue weighted by molar-refractivity contribution is 7.90. The molecule has 1 aromatic carbocycles. The molecule has 1 aromatic heterocycles. The second-order valence-electron chi connectivity index (χ2n) is 5.06. The lowest BCUT2D eigenvalue weighted by Crippen LogP contribution is -2.31. The fourth-order valence-electron chi connectivity index (χ4n) is 2.06. The first kappa shape index (κ1) is 19.6. The van der Waals surface area contributed by atoms with Crippen molar-refractivity contribution in [3.63, 3.8) is 0 Å². The van der Waals surface area contributed by atoms with Crippen molar-refractivity contribution >= 4 is 44.1 Å². The van der Waals surface area contributed by atoms with E-state index in [2.05, 4.69) is 10.1 Å². The monoisotopic (exact) mass is 396 g/mol. The van der Waals surface area contributed by atoms with Gasteiger partial charge in [-0.3, -0.25) is 14.9 Å². The predicted octanol–water partition coefficient (Wildman–Crippen LogP) is 2.29. The summed E-state index contributed by atoms with van der Waals surface area (Å²) in [7, 11) is -3.60. The molecule has 1 heterocycles. The lowest BCUT2D eigenvalue weighted by molar-refractivity contribution is 0.0926. The zero-order valence-corrected chi connectivity index (χ0v) is 15.6. The molecule has 0 unspecified atom stereocenters. The Morgan fingerprint density at radius 1 is 1.08 bits per heavy atom. The molecular formula is C16H16N2O6S2. The van der Waals surface area contributed by atoms with Crippen molar-refractivity contribution in [3.05, 3.63) is 46.8 Å². The smallest absolute Gasteiger partial charge is 0.414 e. The Morgan fingerprint density at radius 2 is 1.77 bits per heavy atom. The van der Waals surface area contributed by atoms with Crippen molar-refractivity contribution in [3.8, 4) is 0 Å². The van der Waals surface area contributed by atoms with Gasteiger partial charge >= 0.3 is 6.09 Å². The van der Waals surface area contributed by atoms with Crippen LogP contribution in [0.5, 0.6) is 0 Å². The van der Waals surface area contributed by atoms with Crippen LogP contribution in [0.25, 0.3) is 0 Å². The van der Waals surface area contributed by atoms with Gasteiger partial charge in [0.2, 0.25) is 0 Å². The summed E-state index contributed by atoms with van der Waals surface area (Å²) in [6.07, 6.45) is 0.103. The number of anilines is 1. The van der Waals surface area contributed by atoms with E-state index < -0.39 is 27.7 Å². The summed E-state index contributed by atoms with van der Waals surface area (Å²) in [6, 6.07) is 7.17. The number of imide groups is 1. The van der Waals surface area contributed by atoms with Gasteiger partial charge in [-0.05, 0) is 30.5 Å². The van der Waals surface area contributed by atoms with Gasteiger partial charge in [-0.15, -0.1) is 11.3 Å². The molecule has 10 heteroatoms. The van der Waals surface area contributed by atoms with Gasteiger partial charge < -0.3 is 10.1 Å². The van der Waals surface area contributed by atoms with E-state index >= 15 is 0 Å². The van der Waals surface area contributed by atoms with Crippen molar-refractivity contribution in [2.75, 3.05) is 18.2 Å². The van der Waals surface area contributed by atoms with Crippen LogP contribution in [0.3, 0.4) is 0 Å². The second kappa shape index (κ2) is 8.11. The van der Waals surface area contributed by atoms with Gasteiger partial charge in [-0.1, -0.05) is 12.1 Å². The third-order valence-electron chi connectivity index (χ3n) is 3.16. The van der Waals surface area contributed by atoms with E-state index in [1.807, 2.05) is 5.32 Å². The Bertz CT molecular complexity index is 949. The van der Waals surface area contributed by atoms with Gasteiger partial charge in [0.05, 0.1) is 22.6 Å². The molecule has 26 heavy (non-hydrogen) atoms. The van der Waals surface area contributed by atoms with Gasteiger partial charge in [0.1, 0.15) is 5.00 Å². The first-order valence-corrected chi connectivity index (χ1v) is 10.2. The van der Waals surface area contributed by atoms with Gasteiger partial charge in [0.25, 0.3) is 11.8 Å². The van der Waals surface area contributed by atoms with Crippen LogP contribution in [-0.4, -0.2) is 39.2 Å². The Labute approximate surface area is 154 Å². The fraction of sp³-hybridized carbons (Fsp3) is 0.188. The molecule has 2 N–H and O–H groups in total. The summed E-state index contributed by atoms with van der Waals surface area (Å²) in [5.41, 5.74) is 0.0217. The van der Waals surface area contributed by atoms with Crippen molar-refractivity contribution < 1.29 is 27.5 Å². The van der Waals surface area contributed by atoms with E-state index in [1.54, 1.807) is 12.3 Å². The number of sulfone groups is 1. The molecule has 0 saturated heterocycles. The number of benzene rings is 1. The van der Waals surface area contributed by atoms with Crippen molar-refractivity contribution in [2.24, 2.45) is 0 Å². The van der Waals surface area contributed by atoms with Crippen LogP contribution in [0.2, 0.25) is 0 Å². The van der Waals surface area contributed by atoms with Gasteiger partial charge in [0.15, 0.2) is 9.84 Å². The van der Waals surface area contributed by atoms with Gasteiger partial charge in [-0.2, -0.15) is 0 Å². The van der Waals surface area contributed by atoms with Crippen LogP contribution in [0, 0.1) is 0 Å². The molecule has 0 fully saturated rings. The molecular weight excluding hydrogens is 380 g/mol.